The van der Waals surface area contributed by atoms with Gasteiger partial charge >= 0.3 is 0 Å². The van der Waals surface area contributed by atoms with E-state index >= 15 is 0 Å². The van der Waals surface area contributed by atoms with Crippen molar-refractivity contribution in [1.82, 2.24) is 25.4 Å². The first-order valence-electron chi connectivity index (χ1n) is 8.30. The molecule has 0 aliphatic heterocycles. The van der Waals surface area contributed by atoms with Crippen LogP contribution >= 0.6 is 11.3 Å². The van der Waals surface area contributed by atoms with E-state index in [1.807, 2.05) is 25.4 Å². The van der Waals surface area contributed by atoms with Crippen molar-refractivity contribution in [3.05, 3.63) is 64.1 Å². The zero-order chi connectivity index (χ0) is 18.4. The Labute approximate surface area is 155 Å². The Bertz CT molecular complexity index is 868. The molecule has 0 bridgehead atoms. The summed E-state index contributed by atoms with van der Waals surface area (Å²) in [5, 5.41) is 12.1. The molecule has 2 N–H and O–H groups in total. The molecule has 6 nitrogen and oxygen atoms in total. The zero-order valence-electron chi connectivity index (χ0n) is 14.7. The first-order chi connectivity index (χ1) is 12.6. The minimum Gasteiger partial charge on any atom is -0.356 e. The quantitative estimate of drug-likeness (QED) is 0.516. The van der Waals surface area contributed by atoms with Crippen LogP contribution < -0.4 is 10.6 Å². The number of nitrogens with one attached hydrogen (secondary N) is 2. The van der Waals surface area contributed by atoms with Gasteiger partial charge in [-0.15, -0.1) is 11.3 Å². The van der Waals surface area contributed by atoms with Gasteiger partial charge in [0.05, 0.1) is 17.9 Å². The van der Waals surface area contributed by atoms with Gasteiger partial charge in [-0.3, -0.25) is 4.99 Å². The topological polar surface area (TPSA) is 67.1 Å². The number of rotatable bonds is 6. The maximum absolute atomic E-state index is 13.0. The number of nitrogens with zero attached hydrogens (tertiary/aromatic N) is 4. The molecule has 0 aliphatic rings. The summed E-state index contributed by atoms with van der Waals surface area (Å²) < 4.78 is 14.7. The fourth-order valence-electron chi connectivity index (χ4n) is 2.40. The highest BCUT2D eigenvalue weighted by molar-refractivity contribution is 7.11. The number of aromatic nitrogens is 3. The van der Waals surface area contributed by atoms with Crippen LogP contribution in [0.1, 0.15) is 15.6 Å². The van der Waals surface area contributed by atoms with Crippen LogP contribution in [0.3, 0.4) is 0 Å². The van der Waals surface area contributed by atoms with Gasteiger partial charge in [0.1, 0.15) is 10.8 Å². The lowest BCUT2D eigenvalue weighted by Gasteiger charge is -2.10. The van der Waals surface area contributed by atoms with Crippen LogP contribution in [-0.2, 0) is 13.0 Å². The molecule has 0 saturated carbocycles. The molecule has 8 heteroatoms. The summed E-state index contributed by atoms with van der Waals surface area (Å²) in [5.41, 5.74) is 1.79. The van der Waals surface area contributed by atoms with Gasteiger partial charge in [0.2, 0.25) is 0 Å². The van der Waals surface area contributed by atoms with Crippen molar-refractivity contribution >= 4 is 17.3 Å². The van der Waals surface area contributed by atoms with Crippen molar-refractivity contribution < 1.29 is 4.39 Å². The summed E-state index contributed by atoms with van der Waals surface area (Å²) in [4.78, 5) is 9.73. The van der Waals surface area contributed by atoms with Gasteiger partial charge in [-0.05, 0) is 37.3 Å². The summed E-state index contributed by atoms with van der Waals surface area (Å²) in [5.74, 6) is 0.480. The van der Waals surface area contributed by atoms with Gasteiger partial charge in [-0.1, -0.05) is 0 Å². The van der Waals surface area contributed by atoms with Gasteiger partial charge in [-0.25, -0.2) is 14.1 Å². The first-order valence-corrected chi connectivity index (χ1v) is 9.12. The Balaban J connectivity index is 1.47. The maximum atomic E-state index is 13.0. The van der Waals surface area contributed by atoms with E-state index in [1.54, 1.807) is 35.2 Å². The summed E-state index contributed by atoms with van der Waals surface area (Å²) in [7, 11) is 1.74. The molecule has 2 aromatic heterocycles. The van der Waals surface area contributed by atoms with Crippen LogP contribution in [0.25, 0.3) is 5.69 Å². The van der Waals surface area contributed by atoms with E-state index in [4.69, 9.17) is 0 Å². The third-order valence-corrected chi connectivity index (χ3v) is 4.62. The smallest absolute Gasteiger partial charge is 0.191 e. The van der Waals surface area contributed by atoms with Crippen LogP contribution in [0.2, 0.25) is 0 Å². The highest BCUT2D eigenvalue weighted by atomic mass is 32.1. The van der Waals surface area contributed by atoms with Crippen molar-refractivity contribution in [1.29, 1.82) is 0 Å². The number of hydrogen-bond donors (Lipinski definition) is 2. The number of aryl methyl sites for hydroxylation is 1. The van der Waals surface area contributed by atoms with Crippen molar-refractivity contribution in [2.75, 3.05) is 13.6 Å². The average Bonchev–Trinajstić information content (AvgIpc) is 3.28. The summed E-state index contributed by atoms with van der Waals surface area (Å²) in [6.45, 7) is 3.40. The lowest BCUT2D eigenvalue weighted by Crippen LogP contribution is -2.37. The van der Waals surface area contributed by atoms with Crippen molar-refractivity contribution in [2.45, 2.75) is 19.9 Å². The van der Waals surface area contributed by atoms with Gasteiger partial charge in [0.25, 0.3) is 0 Å². The summed E-state index contributed by atoms with van der Waals surface area (Å²) in [6, 6.07) is 8.22. The minimum absolute atomic E-state index is 0.253. The third kappa shape index (κ3) is 4.89. The molecule has 136 valence electrons. The van der Waals surface area contributed by atoms with Gasteiger partial charge in [0.15, 0.2) is 5.96 Å². The summed E-state index contributed by atoms with van der Waals surface area (Å²) >= 11 is 1.67. The molecule has 0 fully saturated rings. The number of benzene rings is 1. The highest BCUT2D eigenvalue weighted by Gasteiger charge is 2.04. The van der Waals surface area contributed by atoms with E-state index < -0.39 is 0 Å². The van der Waals surface area contributed by atoms with Gasteiger partial charge in [0, 0.05) is 37.3 Å². The average molecular weight is 372 g/mol. The van der Waals surface area contributed by atoms with Gasteiger partial charge < -0.3 is 10.6 Å². The standard InChI is InChI=1S/C18H21FN6S/c1-13-11-22-17(26-13)12-23-18(20-2)21-9-7-15-8-10-25(24-15)16-5-3-14(19)4-6-16/h3-6,8,10-11H,7,9,12H2,1-2H3,(H2,20,21,23). The fraction of sp³-hybridized carbons (Fsp3) is 0.278. The van der Waals surface area contributed by atoms with Crippen LogP contribution in [-0.4, -0.2) is 34.3 Å². The van der Waals surface area contributed by atoms with Crippen molar-refractivity contribution in [2.24, 2.45) is 4.99 Å². The molecule has 0 atom stereocenters. The van der Waals surface area contributed by atoms with E-state index in [0.717, 1.165) is 28.8 Å². The first kappa shape index (κ1) is 18.1. The molecule has 0 saturated heterocycles. The maximum Gasteiger partial charge on any atom is 0.191 e. The predicted octanol–water partition coefficient (Wildman–Crippen LogP) is 2.68. The van der Waals surface area contributed by atoms with Gasteiger partial charge in [-0.2, -0.15) is 5.10 Å². The van der Waals surface area contributed by atoms with Crippen LogP contribution in [0.4, 0.5) is 4.39 Å². The van der Waals surface area contributed by atoms with Crippen LogP contribution in [0, 0.1) is 12.7 Å². The highest BCUT2D eigenvalue weighted by Crippen LogP contribution is 2.10. The molecular formula is C18H21FN6S. The molecule has 2 heterocycles. The molecule has 1 aromatic carbocycles. The monoisotopic (exact) mass is 372 g/mol. The molecule has 0 spiro atoms. The number of guanidine groups is 1. The second kappa shape index (κ2) is 8.57. The Morgan fingerprint density at radius 2 is 2.04 bits per heavy atom. The number of thiazole rings is 1. The number of hydrogen-bond acceptors (Lipinski definition) is 4. The molecule has 3 aromatic rings. The Kier molecular flexibility index (Phi) is 5.96. The molecule has 3 rings (SSSR count). The Morgan fingerprint density at radius 3 is 2.73 bits per heavy atom. The third-order valence-electron chi connectivity index (χ3n) is 3.71. The van der Waals surface area contributed by atoms with E-state index in [2.05, 4.69) is 25.7 Å². The lowest BCUT2D eigenvalue weighted by molar-refractivity contribution is 0.627. The summed E-state index contributed by atoms with van der Waals surface area (Å²) in [6.07, 6.45) is 4.50. The largest absolute Gasteiger partial charge is 0.356 e. The molecule has 26 heavy (non-hydrogen) atoms. The minimum atomic E-state index is -0.253. The van der Waals surface area contributed by atoms with E-state index in [-0.39, 0.29) is 5.82 Å². The van der Waals surface area contributed by atoms with Crippen molar-refractivity contribution in [3.8, 4) is 5.69 Å². The van der Waals surface area contributed by atoms with E-state index in [1.165, 1.54) is 17.0 Å². The number of aliphatic imine (C=N–C) groups is 1. The molecule has 0 amide bonds. The molecule has 0 aliphatic carbocycles. The Hall–Kier alpha value is -2.74. The van der Waals surface area contributed by atoms with Crippen molar-refractivity contribution in [3.63, 3.8) is 0 Å². The zero-order valence-corrected chi connectivity index (χ0v) is 15.6. The molecular weight excluding hydrogens is 351 g/mol. The predicted molar refractivity (Wildman–Crippen MR) is 102 cm³/mol. The van der Waals surface area contributed by atoms with E-state index in [9.17, 15) is 4.39 Å². The second-order valence-electron chi connectivity index (χ2n) is 5.70. The lowest BCUT2D eigenvalue weighted by atomic mass is 10.3. The van der Waals surface area contributed by atoms with E-state index in [0.29, 0.717) is 13.1 Å². The SMILES string of the molecule is CN=C(NCCc1ccn(-c2ccc(F)cc2)n1)NCc1ncc(C)s1. The second-order valence-corrected chi connectivity index (χ2v) is 7.01. The van der Waals surface area contributed by atoms with Crippen LogP contribution in [0.5, 0.6) is 0 Å². The fourth-order valence-corrected chi connectivity index (χ4v) is 3.13. The Morgan fingerprint density at radius 1 is 1.23 bits per heavy atom. The normalized spacial score (nSPS) is 11.6. The van der Waals surface area contributed by atoms with Crippen LogP contribution in [0.15, 0.2) is 47.7 Å². The molecule has 0 unspecified atom stereocenters. The number of halogens is 1. The molecule has 0 radical (unpaired) electrons.